The van der Waals surface area contributed by atoms with Crippen LogP contribution in [0.1, 0.15) is 22.7 Å². The predicted molar refractivity (Wildman–Crippen MR) is 113 cm³/mol. The van der Waals surface area contributed by atoms with Gasteiger partial charge in [0.15, 0.2) is 0 Å². The molecule has 34 heavy (non-hydrogen) atoms. The van der Waals surface area contributed by atoms with Gasteiger partial charge in [0, 0.05) is 29.7 Å². The standard InChI is InChI=1S/C24H16F4N2O4/c1-13-11-15(5-6-18(13)25)21(31)19-20(14-7-9-29-10-8-14)30(23(33)22(19)32)16-3-2-4-17(12-16)34-24(26,27)28/h2-12,20,31H,1H3/b21-19+. The molecule has 0 bridgehead atoms. The number of benzene rings is 2. The van der Waals surface area contributed by atoms with E-state index in [1.807, 2.05) is 0 Å². The molecule has 4 rings (SSSR count). The van der Waals surface area contributed by atoms with Gasteiger partial charge in [-0.1, -0.05) is 6.07 Å². The van der Waals surface area contributed by atoms with Crippen LogP contribution in [0.15, 0.2) is 72.6 Å². The number of aliphatic hydroxyl groups excluding tert-OH is 1. The van der Waals surface area contributed by atoms with E-state index in [1.54, 1.807) is 0 Å². The normalized spacial score (nSPS) is 17.8. The second kappa shape index (κ2) is 8.62. The molecule has 1 aromatic heterocycles. The lowest BCUT2D eigenvalue weighted by Gasteiger charge is -2.25. The molecule has 10 heteroatoms. The molecule has 0 saturated carbocycles. The van der Waals surface area contributed by atoms with Crippen molar-refractivity contribution >= 4 is 23.1 Å². The van der Waals surface area contributed by atoms with Crippen molar-refractivity contribution < 1.29 is 37.0 Å². The molecule has 2 aromatic carbocycles. The fourth-order valence-electron chi connectivity index (χ4n) is 3.74. The molecular weight excluding hydrogens is 456 g/mol. The van der Waals surface area contributed by atoms with Crippen LogP contribution in [0.25, 0.3) is 5.76 Å². The Hall–Kier alpha value is -4.21. The minimum Gasteiger partial charge on any atom is -0.507 e. The number of rotatable bonds is 4. The third-order valence-electron chi connectivity index (χ3n) is 5.23. The number of hydrogen-bond acceptors (Lipinski definition) is 5. The number of ketones is 1. The van der Waals surface area contributed by atoms with E-state index in [1.165, 1.54) is 55.7 Å². The summed E-state index contributed by atoms with van der Waals surface area (Å²) in [5.41, 5.74) is 0.321. The molecule has 0 spiro atoms. The number of Topliss-reactive ketones (excluding diaryl/α,β-unsaturated/α-hetero) is 1. The topological polar surface area (TPSA) is 79.7 Å². The first-order valence-corrected chi connectivity index (χ1v) is 9.90. The molecule has 1 aliphatic rings. The maximum Gasteiger partial charge on any atom is 0.573 e. The average Bonchev–Trinajstić information content (AvgIpc) is 3.05. The van der Waals surface area contributed by atoms with E-state index in [0.717, 1.165) is 23.1 Å². The fraction of sp³-hybridized carbons (Fsp3) is 0.125. The summed E-state index contributed by atoms with van der Waals surface area (Å²) in [6, 6.07) is 10.1. The largest absolute Gasteiger partial charge is 0.573 e. The van der Waals surface area contributed by atoms with Gasteiger partial charge in [0.25, 0.3) is 11.7 Å². The van der Waals surface area contributed by atoms with Crippen molar-refractivity contribution in [3.05, 3.63) is 95.1 Å². The Morgan fingerprint density at radius 3 is 2.41 bits per heavy atom. The number of hydrogen-bond donors (Lipinski definition) is 1. The summed E-state index contributed by atoms with van der Waals surface area (Å²) in [4.78, 5) is 31.0. The Kier molecular flexibility index (Phi) is 5.82. The number of aryl methyl sites for hydroxylation is 1. The number of nitrogens with zero attached hydrogens (tertiary/aromatic N) is 2. The Bertz CT molecular complexity index is 1310. The lowest BCUT2D eigenvalue weighted by molar-refractivity contribution is -0.274. The number of alkyl halides is 3. The van der Waals surface area contributed by atoms with Crippen molar-refractivity contribution in [2.45, 2.75) is 19.3 Å². The first-order chi connectivity index (χ1) is 16.1. The SMILES string of the molecule is Cc1cc(/C(O)=C2\C(=O)C(=O)N(c3cccc(OC(F)(F)F)c3)C2c2ccncc2)ccc1F. The van der Waals surface area contributed by atoms with Crippen LogP contribution in [0.4, 0.5) is 23.2 Å². The molecular formula is C24H16F4N2O4. The molecule has 0 aliphatic carbocycles. The Morgan fingerprint density at radius 2 is 1.76 bits per heavy atom. The summed E-state index contributed by atoms with van der Waals surface area (Å²) in [5, 5.41) is 11.0. The predicted octanol–water partition coefficient (Wildman–Crippen LogP) is 5.05. The third kappa shape index (κ3) is 4.34. The molecule has 1 saturated heterocycles. The van der Waals surface area contributed by atoms with Crippen LogP contribution < -0.4 is 9.64 Å². The minimum atomic E-state index is -4.96. The highest BCUT2D eigenvalue weighted by Gasteiger charge is 2.47. The lowest BCUT2D eigenvalue weighted by atomic mass is 9.95. The number of carbonyl (C=O) groups is 2. The van der Waals surface area contributed by atoms with Crippen LogP contribution in [0.2, 0.25) is 0 Å². The van der Waals surface area contributed by atoms with Gasteiger partial charge in [0.05, 0.1) is 11.6 Å². The van der Waals surface area contributed by atoms with Crippen molar-refractivity contribution in [1.82, 2.24) is 4.98 Å². The number of anilines is 1. The molecule has 3 aromatic rings. The van der Waals surface area contributed by atoms with E-state index < -0.39 is 41.4 Å². The first kappa shape index (κ1) is 23.0. The zero-order valence-corrected chi connectivity index (χ0v) is 17.5. The summed E-state index contributed by atoms with van der Waals surface area (Å²) < 4.78 is 55.8. The zero-order valence-electron chi connectivity index (χ0n) is 17.5. The van der Waals surface area contributed by atoms with Crippen molar-refractivity contribution in [3.63, 3.8) is 0 Å². The summed E-state index contributed by atoms with van der Waals surface area (Å²) in [6.07, 6.45) is -2.15. The van der Waals surface area contributed by atoms with Crippen LogP contribution in [-0.4, -0.2) is 28.1 Å². The highest BCUT2D eigenvalue weighted by Crippen LogP contribution is 2.43. The van der Waals surface area contributed by atoms with Crippen molar-refractivity contribution in [2.75, 3.05) is 4.90 Å². The van der Waals surface area contributed by atoms with Gasteiger partial charge in [-0.2, -0.15) is 0 Å². The average molecular weight is 472 g/mol. The highest BCUT2D eigenvalue weighted by atomic mass is 19.4. The number of halogens is 4. The maximum absolute atomic E-state index is 13.7. The molecule has 1 amide bonds. The van der Waals surface area contributed by atoms with Crippen molar-refractivity contribution in [1.29, 1.82) is 0 Å². The van der Waals surface area contributed by atoms with Gasteiger partial charge >= 0.3 is 6.36 Å². The molecule has 174 valence electrons. The second-order valence-corrected chi connectivity index (χ2v) is 7.46. The van der Waals surface area contributed by atoms with Gasteiger partial charge in [0.1, 0.15) is 17.3 Å². The smallest absolute Gasteiger partial charge is 0.507 e. The number of ether oxygens (including phenoxy) is 1. The molecule has 1 aliphatic heterocycles. The summed E-state index contributed by atoms with van der Waals surface area (Å²) in [7, 11) is 0. The molecule has 2 heterocycles. The summed E-state index contributed by atoms with van der Waals surface area (Å²) in [6.45, 7) is 1.47. The van der Waals surface area contributed by atoms with Gasteiger partial charge in [0.2, 0.25) is 0 Å². The molecule has 1 atom stereocenters. The number of carbonyl (C=O) groups excluding carboxylic acids is 2. The van der Waals surface area contributed by atoms with Gasteiger partial charge in [-0.05, 0) is 60.5 Å². The molecule has 1 unspecified atom stereocenters. The summed E-state index contributed by atoms with van der Waals surface area (Å²) in [5.74, 6) is -3.78. The van der Waals surface area contributed by atoms with Crippen LogP contribution >= 0.6 is 0 Å². The van der Waals surface area contributed by atoms with Gasteiger partial charge in [-0.3, -0.25) is 19.5 Å². The van der Waals surface area contributed by atoms with Gasteiger partial charge in [-0.15, -0.1) is 13.2 Å². The van der Waals surface area contributed by atoms with Crippen LogP contribution in [0.5, 0.6) is 5.75 Å². The number of amides is 1. The lowest BCUT2D eigenvalue weighted by Crippen LogP contribution is -2.29. The number of pyridine rings is 1. The Morgan fingerprint density at radius 1 is 1.06 bits per heavy atom. The van der Waals surface area contributed by atoms with E-state index >= 15 is 0 Å². The van der Waals surface area contributed by atoms with E-state index in [9.17, 15) is 32.3 Å². The Balaban J connectivity index is 1.90. The first-order valence-electron chi connectivity index (χ1n) is 9.90. The minimum absolute atomic E-state index is 0.0556. The fourth-order valence-corrected chi connectivity index (χ4v) is 3.74. The monoisotopic (exact) mass is 472 g/mol. The number of aliphatic hydroxyl groups is 1. The van der Waals surface area contributed by atoms with E-state index in [4.69, 9.17) is 0 Å². The van der Waals surface area contributed by atoms with Crippen molar-refractivity contribution in [2.24, 2.45) is 0 Å². The molecule has 6 nitrogen and oxygen atoms in total. The number of aromatic nitrogens is 1. The van der Waals surface area contributed by atoms with E-state index in [0.29, 0.717) is 5.56 Å². The summed E-state index contributed by atoms with van der Waals surface area (Å²) >= 11 is 0. The van der Waals surface area contributed by atoms with Gasteiger partial charge < -0.3 is 9.84 Å². The molecule has 1 N–H and O–H groups in total. The van der Waals surface area contributed by atoms with E-state index in [-0.39, 0.29) is 22.4 Å². The Labute approximate surface area is 190 Å². The van der Waals surface area contributed by atoms with Crippen LogP contribution in [-0.2, 0) is 9.59 Å². The quantitative estimate of drug-likeness (QED) is 0.249. The second-order valence-electron chi connectivity index (χ2n) is 7.46. The zero-order chi connectivity index (χ0) is 24.6. The van der Waals surface area contributed by atoms with Crippen LogP contribution in [0, 0.1) is 12.7 Å². The van der Waals surface area contributed by atoms with Crippen LogP contribution in [0.3, 0.4) is 0 Å². The molecule has 0 radical (unpaired) electrons. The third-order valence-corrected chi connectivity index (χ3v) is 5.23. The highest BCUT2D eigenvalue weighted by molar-refractivity contribution is 6.51. The van der Waals surface area contributed by atoms with Crippen molar-refractivity contribution in [3.8, 4) is 5.75 Å². The van der Waals surface area contributed by atoms with Gasteiger partial charge in [-0.25, -0.2) is 4.39 Å². The molecule has 1 fully saturated rings. The van der Waals surface area contributed by atoms with E-state index in [2.05, 4.69) is 9.72 Å². The maximum atomic E-state index is 13.7.